The minimum Gasteiger partial charge on any atom is -0.480 e. The Hall–Kier alpha value is -3.35. The lowest BCUT2D eigenvalue weighted by Crippen LogP contribution is -2.57. The summed E-state index contributed by atoms with van der Waals surface area (Å²) in [5.74, 6) is -1.49. The molecule has 186 valence electrons. The molecule has 1 aliphatic carbocycles. The lowest BCUT2D eigenvalue weighted by atomic mass is 9.87. The summed E-state index contributed by atoms with van der Waals surface area (Å²) >= 11 is 0. The smallest absolute Gasteiger partial charge is 0.407 e. The van der Waals surface area contributed by atoms with E-state index in [9.17, 15) is 19.5 Å². The van der Waals surface area contributed by atoms with Crippen LogP contribution in [0.5, 0.6) is 0 Å². The van der Waals surface area contributed by atoms with E-state index in [1.165, 1.54) is 4.90 Å². The summed E-state index contributed by atoms with van der Waals surface area (Å²) in [5.41, 5.74) is 2.96. The number of ether oxygens (including phenoxy) is 1. The lowest BCUT2D eigenvalue weighted by molar-refractivity contribution is -0.156. The van der Waals surface area contributed by atoms with Crippen LogP contribution in [0, 0.1) is 5.41 Å². The van der Waals surface area contributed by atoms with Gasteiger partial charge in [-0.1, -0.05) is 69.3 Å². The lowest BCUT2D eigenvalue weighted by Gasteiger charge is -2.35. The van der Waals surface area contributed by atoms with E-state index in [1.54, 1.807) is 6.92 Å². The van der Waals surface area contributed by atoms with E-state index in [1.807, 2.05) is 57.2 Å². The van der Waals surface area contributed by atoms with Crippen LogP contribution >= 0.6 is 0 Å². The van der Waals surface area contributed by atoms with Crippen LogP contribution in [0.15, 0.2) is 48.5 Å². The predicted octanol–water partition coefficient (Wildman–Crippen LogP) is 4.80. The van der Waals surface area contributed by atoms with Crippen molar-refractivity contribution in [1.29, 1.82) is 0 Å². The van der Waals surface area contributed by atoms with Crippen molar-refractivity contribution in [3.63, 3.8) is 0 Å². The maximum absolute atomic E-state index is 13.5. The molecule has 1 fully saturated rings. The minimum atomic E-state index is -1.27. The number of carboxylic acids is 1. The standard InChI is InChI=1S/C28H34N2O5/c1-27(2,3)16-23(24(31)30-15-9-14-28(30,4)25(32)33)29-26(34)35-17-22-20-12-7-5-10-18(20)19-11-6-8-13-21(19)22/h5-8,10-13,22-23H,9,14-17H2,1-4H3,(H,29,34)(H,32,33). The molecule has 35 heavy (non-hydrogen) atoms. The van der Waals surface area contributed by atoms with Crippen molar-refractivity contribution in [2.45, 2.75) is 64.5 Å². The summed E-state index contributed by atoms with van der Waals surface area (Å²) in [6.07, 6.45) is 0.691. The van der Waals surface area contributed by atoms with Crippen molar-refractivity contribution < 1.29 is 24.2 Å². The fraction of sp³-hybridized carbons (Fsp3) is 0.464. The molecule has 0 saturated carbocycles. The van der Waals surface area contributed by atoms with Gasteiger partial charge < -0.3 is 20.1 Å². The van der Waals surface area contributed by atoms with Crippen LogP contribution in [0.4, 0.5) is 4.79 Å². The van der Waals surface area contributed by atoms with Gasteiger partial charge in [-0.2, -0.15) is 0 Å². The van der Waals surface area contributed by atoms with Gasteiger partial charge in [-0.3, -0.25) is 4.79 Å². The summed E-state index contributed by atoms with van der Waals surface area (Å²) in [6, 6.07) is 15.3. The number of carboxylic acid groups (broad SMARTS) is 1. The Labute approximate surface area is 206 Å². The highest BCUT2D eigenvalue weighted by Gasteiger charge is 2.48. The number of nitrogens with zero attached hydrogens (tertiary/aromatic N) is 1. The highest BCUT2D eigenvalue weighted by molar-refractivity contribution is 5.91. The van der Waals surface area contributed by atoms with Crippen LogP contribution in [-0.4, -0.2) is 52.7 Å². The molecule has 2 N–H and O–H groups in total. The molecule has 4 rings (SSSR count). The topological polar surface area (TPSA) is 95.9 Å². The van der Waals surface area contributed by atoms with E-state index in [2.05, 4.69) is 17.4 Å². The fourth-order valence-electron chi connectivity index (χ4n) is 5.32. The monoisotopic (exact) mass is 478 g/mol. The van der Waals surface area contributed by atoms with Crippen LogP contribution in [0.1, 0.15) is 64.0 Å². The van der Waals surface area contributed by atoms with Gasteiger partial charge in [0.05, 0.1) is 0 Å². The van der Waals surface area contributed by atoms with Crippen molar-refractivity contribution in [2.75, 3.05) is 13.2 Å². The minimum absolute atomic E-state index is 0.0844. The van der Waals surface area contributed by atoms with Crippen LogP contribution in [-0.2, 0) is 14.3 Å². The van der Waals surface area contributed by atoms with Gasteiger partial charge in [0.25, 0.3) is 0 Å². The second-order valence-corrected chi connectivity index (χ2v) is 11.0. The Morgan fingerprint density at radius 1 is 1.09 bits per heavy atom. The van der Waals surface area contributed by atoms with Crippen molar-refractivity contribution in [2.24, 2.45) is 5.41 Å². The number of aliphatic carboxylic acids is 1. The van der Waals surface area contributed by atoms with E-state index >= 15 is 0 Å². The van der Waals surface area contributed by atoms with Crippen LogP contribution in [0.25, 0.3) is 11.1 Å². The third-order valence-electron chi connectivity index (χ3n) is 7.12. The first-order valence-corrected chi connectivity index (χ1v) is 12.2. The quantitative estimate of drug-likeness (QED) is 0.622. The molecule has 1 heterocycles. The Morgan fingerprint density at radius 3 is 2.20 bits per heavy atom. The Morgan fingerprint density at radius 2 is 1.66 bits per heavy atom. The third-order valence-corrected chi connectivity index (χ3v) is 7.12. The summed E-state index contributed by atoms with van der Waals surface area (Å²) in [5, 5.41) is 12.5. The molecule has 7 heteroatoms. The van der Waals surface area contributed by atoms with E-state index in [0.717, 1.165) is 22.3 Å². The molecule has 2 unspecified atom stereocenters. The Bertz CT molecular complexity index is 1090. The van der Waals surface area contributed by atoms with Crippen LogP contribution in [0.2, 0.25) is 0 Å². The largest absolute Gasteiger partial charge is 0.480 e. The first kappa shape index (κ1) is 24.8. The molecule has 2 amide bonds. The van der Waals surface area contributed by atoms with Crippen molar-refractivity contribution >= 4 is 18.0 Å². The maximum Gasteiger partial charge on any atom is 0.407 e. The van der Waals surface area contributed by atoms with Crippen molar-refractivity contribution in [1.82, 2.24) is 10.2 Å². The second kappa shape index (κ2) is 9.36. The van der Waals surface area contributed by atoms with E-state index in [4.69, 9.17) is 4.74 Å². The molecule has 7 nitrogen and oxygen atoms in total. The summed E-state index contributed by atoms with van der Waals surface area (Å²) in [4.78, 5) is 39.7. The number of fused-ring (bicyclic) bond motifs is 3. The van der Waals surface area contributed by atoms with Gasteiger partial charge in [-0.05, 0) is 53.9 Å². The SMILES string of the molecule is CC(C)(C)CC(NC(=O)OCC1c2ccccc2-c2ccccc21)C(=O)N1CCCC1(C)C(=O)O. The summed E-state index contributed by atoms with van der Waals surface area (Å²) in [6.45, 7) is 8.01. The van der Waals surface area contributed by atoms with Crippen LogP contribution in [0.3, 0.4) is 0 Å². The number of nitrogens with one attached hydrogen (secondary N) is 1. The zero-order chi connectivity index (χ0) is 25.4. The molecule has 0 spiro atoms. The van der Waals surface area contributed by atoms with E-state index in [-0.39, 0.29) is 23.8 Å². The van der Waals surface area contributed by atoms with Gasteiger partial charge in [0.1, 0.15) is 18.2 Å². The van der Waals surface area contributed by atoms with E-state index in [0.29, 0.717) is 25.8 Å². The molecule has 1 aliphatic heterocycles. The first-order valence-electron chi connectivity index (χ1n) is 12.2. The zero-order valence-electron chi connectivity index (χ0n) is 20.8. The molecule has 2 atom stereocenters. The first-order chi connectivity index (χ1) is 16.5. The predicted molar refractivity (Wildman–Crippen MR) is 133 cm³/mol. The summed E-state index contributed by atoms with van der Waals surface area (Å²) in [7, 11) is 0. The van der Waals surface area contributed by atoms with E-state index < -0.39 is 23.6 Å². The highest BCUT2D eigenvalue weighted by atomic mass is 16.5. The molecule has 0 aromatic heterocycles. The van der Waals surface area contributed by atoms with Gasteiger partial charge in [0, 0.05) is 12.5 Å². The normalized spacial score (nSPS) is 20.2. The average molecular weight is 479 g/mol. The average Bonchev–Trinajstić information content (AvgIpc) is 3.35. The Balaban J connectivity index is 1.48. The molecule has 1 saturated heterocycles. The Kier molecular flexibility index (Phi) is 6.62. The van der Waals surface area contributed by atoms with Crippen molar-refractivity contribution in [3.05, 3.63) is 59.7 Å². The molecular formula is C28H34N2O5. The number of alkyl carbamates (subject to hydrolysis) is 1. The van der Waals surface area contributed by atoms with Crippen molar-refractivity contribution in [3.8, 4) is 11.1 Å². The van der Waals surface area contributed by atoms with Gasteiger partial charge in [0.15, 0.2) is 0 Å². The molecule has 2 aromatic rings. The number of carbonyl (C=O) groups is 3. The molecular weight excluding hydrogens is 444 g/mol. The molecule has 2 aliphatic rings. The third kappa shape index (κ3) is 4.90. The van der Waals surface area contributed by atoms with Gasteiger partial charge in [0.2, 0.25) is 5.91 Å². The van der Waals surface area contributed by atoms with Gasteiger partial charge in [-0.15, -0.1) is 0 Å². The zero-order valence-corrected chi connectivity index (χ0v) is 20.8. The van der Waals surface area contributed by atoms with Gasteiger partial charge >= 0.3 is 12.1 Å². The highest BCUT2D eigenvalue weighted by Crippen LogP contribution is 2.44. The van der Waals surface area contributed by atoms with Crippen LogP contribution < -0.4 is 5.32 Å². The number of rotatable bonds is 6. The number of hydrogen-bond donors (Lipinski definition) is 2. The number of carbonyl (C=O) groups excluding carboxylic acids is 2. The summed E-state index contributed by atoms with van der Waals surface area (Å²) < 4.78 is 5.66. The van der Waals surface area contributed by atoms with Gasteiger partial charge in [-0.25, -0.2) is 9.59 Å². The number of hydrogen-bond acceptors (Lipinski definition) is 4. The molecule has 0 radical (unpaired) electrons. The molecule has 2 aromatic carbocycles. The second-order valence-electron chi connectivity index (χ2n) is 11.0. The maximum atomic E-state index is 13.5. The number of benzene rings is 2. The fourth-order valence-corrected chi connectivity index (χ4v) is 5.32. The number of amides is 2. The molecule has 0 bridgehead atoms. The number of likely N-dealkylation sites (tertiary alicyclic amines) is 1.